The van der Waals surface area contributed by atoms with Crippen LogP contribution in [-0.4, -0.2) is 37.3 Å². The highest BCUT2D eigenvalue weighted by molar-refractivity contribution is 6.32. The van der Waals surface area contributed by atoms with Crippen LogP contribution in [0.5, 0.6) is 17.2 Å². The van der Waals surface area contributed by atoms with Gasteiger partial charge >= 0.3 is 0 Å². The highest BCUT2D eigenvalue weighted by Crippen LogP contribution is 2.44. The summed E-state index contributed by atoms with van der Waals surface area (Å²) in [5, 5.41) is 19.1. The second kappa shape index (κ2) is 15.9. The van der Waals surface area contributed by atoms with Crippen molar-refractivity contribution in [3.8, 4) is 40.5 Å². The molecule has 6 rings (SSSR count). The van der Waals surface area contributed by atoms with Crippen molar-refractivity contribution in [2.45, 2.75) is 64.5 Å². The Morgan fingerprint density at radius 1 is 0.920 bits per heavy atom. The summed E-state index contributed by atoms with van der Waals surface area (Å²) < 4.78 is 47.6. The zero-order valence-corrected chi connectivity index (χ0v) is 28.9. The lowest BCUT2D eigenvalue weighted by atomic mass is 9.93. The van der Waals surface area contributed by atoms with Crippen molar-refractivity contribution in [2.24, 2.45) is 0 Å². The average molecular weight is 698 g/mol. The van der Waals surface area contributed by atoms with E-state index < -0.39 is 12.3 Å². The zero-order chi connectivity index (χ0) is 35.2. The molecule has 1 aliphatic carbocycles. The van der Waals surface area contributed by atoms with Gasteiger partial charge in [0.15, 0.2) is 0 Å². The fourth-order valence-electron chi connectivity index (χ4n) is 6.89. The minimum Gasteiger partial charge on any atom is -0.493 e. The molecular formula is C40H40ClF2N4O3+. The van der Waals surface area contributed by atoms with Crippen LogP contribution in [0.2, 0.25) is 5.02 Å². The molecule has 1 heterocycles. The van der Waals surface area contributed by atoms with Crippen molar-refractivity contribution >= 4 is 11.6 Å². The van der Waals surface area contributed by atoms with Gasteiger partial charge in [-0.3, -0.25) is 0 Å². The molecule has 3 N–H and O–H groups in total. The minimum atomic E-state index is -0.679. The Hall–Kier alpha value is -4.67. The van der Waals surface area contributed by atoms with E-state index in [9.17, 15) is 14.9 Å². The molecule has 4 aromatic rings. The first-order valence-electron chi connectivity index (χ1n) is 17.0. The number of benzene rings is 4. The smallest absolute Gasteiger partial charge is 0.142 e. The van der Waals surface area contributed by atoms with Gasteiger partial charge < -0.3 is 24.8 Å². The van der Waals surface area contributed by atoms with Gasteiger partial charge in [-0.1, -0.05) is 23.7 Å². The van der Waals surface area contributed by atoms with Gasteiger partial charge in [0, 0.05) is 31.3 Å². The van der Waals surface area contributed by atoms with E-state index in [1.807, 2.05) is 25.1 Å². The van der Waals surface area contributed by atoms with Crippen LogP contribution in [-0.2, 0) is 19.6 Å². The van der Waals surface area contributed by atoms with Crippen LogP contribution in [0.15, 0.2) is 60.7 Å². The molecule has 1 unspecified atom stereocenters. The second-order valence-electron chi connectivity index (χ2n) is 12.9. The van der Waals surface area contributed by atoms with E-state index in [1.54, 1.807) is 36.4 Å². The molecule has 1 atom stereocenters. The van der Waals surface area contributed by atoms with Crippen molar-refractivity contribution < 1.29 is 28.7 Å². The van der Waals surface area contributed by atoms with Crippen LogP contribution >= 0.6 is 11.6 Å². The summed E-state index contributed by atoms with van der Waals surface area (Å²) in [6, 6.07) is 21.6. The average Bonchev–Trinajstić information content (AvgIpc) is 3.52. The molecule has 0 saturated carbocycles. The molecule has 0 bridgehead atoms. The molecule has 0 spiro atoms. The molecule has 7 nitrogen and oxygen atoms in total. The number of hydrogen-bond donors (Lipinski definition) is 1. The summed E-state index contributed by atoms with van der Waals surface area (Å²) in [5.74, 6) is 1.35. The first kappa shape index (κ1) is 35.2. The van der Waals surface area contributed by atoms with E-state index in [1.165, 1.54) is 6.07 Å². The fraction of sp³-hybridized carbons (Fsp3) is 0.350. The first-order chi connectivity index (χ1) is 24.3. The number of fused-ring (bicyclic) bond motifs is 1. The number of ether oxygens (including phenoxy) is 3. The summed E-state index contributed by atoms with van der Waals surface area (Å²) in [5.41, 5.74) is 10.7. The molecule has 1 fully saturated rings. The number of nitrogens with zero attached hydrogens (tertiary/aromatic N) is 3. The predicted molar refractivity (Wildman–Crippen MR) is 187 cm³/mol. The molecule has 0 aromatic heterocycles. The van der Waals surface area contributed by atoms with Crippen molar-refractivity contribution in [3.05, 3.63) is 110 Å². The maximum Gasteiger partial charge on any atom is 0.142 e. The summed E-state index contributed by atoms with van der Waals surface area (Å²) >= 11 is 6.69. The van der Waals surface area contributed by atoms with Crippen LogP contribution in [0, 0.1) is 35.4 Å². The fourth-order valence-corrected chi connectivity index (χ4v) is 7.12. The molecule has 10 heteroatoms. The Kier molecular flexibility index (Phi) is 11.2. The van der Waals surface area contributed by atoms with Gasteiger partial charge in [-0.25, -0.2) is 8.78 Å². The molecule has 1 saturated heterocycles. The number of rotatable bonds is 12. The Balaban J connectivity index is 1.18. The maximum atomic E-state index is 15.3. The van der Waals surface area contributed by atoms with Crippen molar-refractivity contribution in [3.63, 3.8) is 0 Å². The third kappa shape index (κ3) is 8.03. The highest BCUT2D eigenvalue weighted by atomic mass is 35.5. The molecule has 2 aliphatic rings. The number of quaternary nitrogens is 1. The maximum absolute atomic E-state index is 15.3. The van der Waals surface area contributed by atoms with Gasteiger partial charge in [0.2, 0.25) is 0 Å². The SMILES string of the molecule is Cc1c(OCCCN2CCC(F)CC2)cccc1-c1cc(F)cc2c1CCC2Oc1cc(OCc2cc(C#N)cc(C#N)c2)c(C[NH3+])cc1Cl. The number of likely N-dealkylation sites (tertiary alicyclic amines) is 1. The molecule has 258 valence electrons. The minimum absolute atomic E-state index is 0.126. The standard InChI is InChI=1S/C40H39ClF2N4O3/c1-25-32(4-2-5-37(25)48-13-3-10-47-11-8-30(42)9-12-47)34-18-31(43)19-35-33(34)6-7-38(35)50-40-20-39(29(23-46)17-36(40)41)49-24-28-15-26(21-44)14-27(16-28)22-45/h2,4-5,14-20,30,38H,3,6-13,23-24,46H2,1H3/p+1. The van der Waals surface area contributed by atoms with Crippen LogP contribution in [0.1, 0.15) is 70.7 Å². The van der Waals surface area contributed by atoms with Crippen LogP contribution in [0.3, 0.4) is 0 Å². The van der Waals surface area contributed by atoms with Gasteiger partial charge in [-0.05, 0) is 115 Å². The van der Waals surface area contributed by atoms with Crippen molar-refractivity contribution in [1.82, 2.24) is 4.90 Å². The summed E-state index contributed by atoms with van der Waals surface area (Å²) in [4.78, 5) is 2.29. The topological polar surface area (TPSA) is 106 Å². The predicted octanol–water partition coefficient (Wildman–Crippen LogP) is 7.79. The lowest BCUT2D eigenvalue weighted by molar-refractivity contribution is -0.386. The molecular weight excluding hydrogens is 658 g/mol. The van der Waals surface area contributed by atoms with Crippen LogP contribution in [0.4, 0.5) is 8.78 Å². The molecule has 50 heavy (non-hydrogen) atoms. The molecule has 0 radical (unpaired) electrons. The van der Waals surface area contributed by atoms with E-state index in [2.05, 4.69) is 22.8 Å². The van der Waals surface area contributed by atoms with Crippen LogP contribution in [0.25, 0.3) is 11.1 Å². The largest absolute Gasteiger partial charge is 0.493 e. The van der Waals surface area contributed by atoms with Gasteiger partial charge in [0.1, 0.15) is 48.5 Å². The van der Waals surface area contributed by atoms with E-state index in [4.69, 9.17) is 25.8 Å². The Morgan fingerprint density at radius 3 is 2.40 bits per heavy atom. The van der Waals surface area contributed by atoms with Crippen molar-refractivity contribution in [1.29, 1.82) is 10.5 Å². The van der Waals surface area contributed by atoms with Gasteiger partial charge in [0.05, 0.1) is 34.9 Å². The van der Waals surface area contributed by atoms with Crippen LogP contribution < -0.4 is 19.9 Å². The number of alkyl halides is 1. The first-order valence-corrected chi connectivity index (χ1v) is 17.4. The van der Waals surface area contributed by atoms with Gasteiger partial charge in [-0.15, -0.1) is 0 Å². The Morgan fingerprint density at radius 2 is 1.68 bits per heavy atom. The van der Waals surface area contributed by atoms with Gasteiger partial charge in [-0.2, -0.15) is 10.5 Å². The summed E-state index contributed by atoms with van der Waals surface area (Å²) in [6.07, 6.45) is 2.28. The molecule has 4 aromatic carbocycles. The summed E-state index contributed by atoms with van der Waals surface area (Å²) in [7, 11) is 0. The number of piperidine rings is 1. The quantitative estimate of drug-likeness (QED) is 0.152. The van der Waals surface area contributed by atoms with E-state index in [-0.39, 0.29) is 12.4 Å². The lowest BCUT2D eigenvalue weighted by Gasteiger charge is -2.28. The molecule has 0 amide bonds. The normalized spacial score (nSPS) is 16.0. The number of halogens is 3. The third-order valence-electron chi connectivity index (χ3n) is 9.52. The van der Waals surface area contributed by atoms with Gasteiger partial charge in [0.25, 0.3) is 0 Å². The molecule has 1 aliphatic heterocycles. The summed E-state index contributed by atoms with van der Waals surface area (Å²) in [6.45, 7) is 5.54. The van der Waals surface area contributed by atoms with Crippen molar-refractivity contribution in [2.75, 3.05) is 26.2 Å². The third-order valence-corrected chi connectivity index (χ3v) is 9.81. The Bertz CT molecular complexity index is 1920. The van der Waals surface area contributed by atoms with E-state index in [0.717, 1.165) is 65.2 Å². The lowest BCUT2D eigenvalue weighted by Crippen LogP contribution is -2.47. The number of nitriles is 2. The number of hydrogen-bond acceptors (Lipinski definition) is 6. The highest BCUT2D eigenvalue weighted by Gasteiger charge is 2.30. The monoisotopic (exact) mass is 697 g/mol. The zero-order valence-electron chi connectivity index (χ0n) is 28.1. The Labute approximate surface area is 296 Å². The van der Waals surface area contributed by atoms with E-state index in [0.29, 0.717) is 72.0 Å². The van der Waals surface area contributed by atoms with E-state index >= 15 is 4.39 Å². The second-order valence-corrected chi connectivity index (χ2v) is 13.3.